The minimum absolute atomic E-state index is 0.0588. The van der Waals surface area contributed by atoms with Crippen LogP contribution in [0.4, 0.5) is 4.79 Å². The highest BCUT2D eigenvalue weighted by atomic mass is 35.5. The molecule has 7 nitrogen and oxygen atoms in total. The van der Waals surface area contributed by atoms with Gasteiger partial charge in [-0.2, -0.15) is 9.78 Å². The molecule has 2 N–H and O–H groups in total. The van der Waals surface area contributed by atoms with E-state index in [0.29, 0.717) is 24.9 Å². The van der Waals surface area contributed by atoms with Gasteiger partial charge in [0.05, 0.1) is 11.2 Å². The minimum Gasteiger partial charge on any atom is -0.350 e. The highest BCUT2D eigenvalue weighted by molar-refractivity contribution is 6.33. The summed E-state index contributed by atoms with van der Waals surface area (Å²) >= 11 is 6.06. The Morgan fingerprint density at radius 1 is 1.14 bits per heavy atom. The van der Waals surface area contributed by atoms with Crippen LogP contribution in [0.15, 0.2) is 36.5 Å². The third kappa shape index (κ3) is 3.77. The van der Waals surface area contributed by atoms with E-state index in [2.05, 4.69) is 28.6 Å². The van der Waals surface area contributed by atoms with E-state index in [9.17, 15) is 9.59 Å². The summed E-state index contributed by atoms with van der Waals surface area (Å²) in [6, 6.07) is 9.54. The van der Waals surface area contributed by atoms with Gasteiger partial charge in [0, 0.05) is 26.2 Å². The summed E-state index contributed by atoms with van der Waals surface area (Å²) in [7, 11) is 0. The van der Waals surface area contributed by atoms with Crippen molar-refractivity contribution in [2.24, 2.45) is 17.6 Å². The zero-order valence-electron chi connectivity index (χ0n) is 15.5. The zero-order valence-corrected chi connectivity index (χ0v) is 16.3. The molecule has 3 heterocycles. The molecule has 1 aromatic heterocycles. The van der Waals surface area contributed by atoms with Crippen molar-refractivity contribution in [2.75, 3.05) is 32.7 Å². The van der Waals surface area contributed by atoms with E-state index in [0.717, 1.165) is 30.7 Å². The van der Waals surface area contributed by atoms with E-state index >= 15 is 0 Å². The maximum absolute atomic E-state index is 12.9. The molecular formula is C20H23ClN5O2. The molecule has 2 fully saturated rings. The van der Waals surface area contributed by atoms with Crippen molar-refractivity contribution in [2.45, 2.75) is 6.42 Å². The van der Waals surface area contributed by atoms with Crippen molar-refractivity contribution in [3.05, 3.63) is 59.2 Å². The van der Waals surface area contributed by atoms with Crippen molar-refractivity contribution in [3.63, 3.8) is 0 Å². The maximum Gasteiger partial charge on any atom is 0.340 e. The Balaban J connectivity index is 1.30. The summed E-state index contributed by atoms with van der Waals surface area (Å²) < 4.78 is 0.879. The van der Waals surface area contributed by atoms with Crippen molar-refractivity contribution in [1.82, 2.24) is 19.6 Å². The van der Waals surface area contributed by atoms with Crippen LogP contribution in [0.25, 0.3) is 0 Å². The molecule has 1 unspecified atom stereocenters. The van der Waals surface area contributed by atoms with E-state index in [1.54, 1.807) is 4.90 Å². The summed E-state index contributed by atoms with van der Waals surface area (Å²) in [6.07, 6.45) is 4.55. The van der Waals surface area contributed by atoms with Gasteiger partial charge in [-0.3, -0.25) is 4.79 Å². The predicted molar refractivity (Wildman–Crippen MR) is 106 cm³/mol. The average Bonchev–Trinajstić information content (AvgIpc) is 3.35. The number of nitrogens with two attached hydrogens (primary N) is 1. The van der Waals surface area contributed by atoms with E-state index in [4.69, 9.17) is 17.3 Å². The Morgan fingerprint density at radius 2 is 1.82 bits per heavy atom. The molecule has 2 atom stereocenters. The van der Waals surface area contributed by atoms with Gasteiger partial charge in [-0.25, -0.2) is 4.79 Å². The van der Waals surface area contributed by atoms with Gasteiger partial charge in [0.2, 0.25) is 0 Å². The van der Waals surface area contributed by atoms with E-state index in [1.807, 2.05) is 18.2 Å². The summed E-state index contributed by atoms with van der Waals surface area (Å²) in [4.78, 5) is 28.6. The first-order valence-corrected chi connectivity index (χ1v) is 9.84. The number of carbonyl (C=O) groups excluding carboxylic acids is 2. The third-order valence-corrected chi connectivity index (χ3v) is 5.89. The predicted octanol–water partition coefficient (Wildman–Crippen LogP) is 2.11. The monoisotopic (exact) mass is 400 g/mol. The summed E-state index contributed by atoms with van der Waals surface area (Å²) in [5.41, 5.74) is 6.60. The maximum atomic E-state index is 12.9. The molecule has 2 aliphatic rings. The lowest BCUT2D eigenvalue weighted by Gasteiger charge is -2.21. The second-order valence-electron chi connectivity index (χ2n) is 7.48. The van der Waals surface area contributed by atoms with Crippen LogP contribution >= 0.6 is 11.6 Å². The number of carbonyl (C=O) groups is 2. The summed E-state index contributed by atoms with van der Waals surface area (Å²) in [5, 5.41) is 3.95. The van der Waals surface area contributed by atoms with Crippen LogP contribution < -0.4 is 5.73 Å². The van der Waals surface area contributed by atoms with E-state index < -0.39 is 6.03 Å². The molecule has 0 saturated carbocycles. The molecular weight excluding hydrogens is 378 g/mol. The van der Waals surface area contributed by atoms with Crippen LogP contribution in [0.5, 0.6) is 0 Å². The Labute approximate surface area is 169 Å². The molecule has 28 heavy (non-hydrogen) atoms. The Hall–Kier alpha value is -2.38. The van der Waals surface area contributed by atoms with Crippen LogP contribution in [-0.4, -0.2) is 64.2 Å². The number of hydrogen-bond acceptors (Lipinski definition) is 4. The van der Waals surface area contributed by atoms with Crippen molar-refractivity contribution < 1.29 is 9.59 Å². The minimum atomic E-state index is -0.810. The van der Waals surface area contributed by atoms with E-state index in [1.165, 1.54) is 11.8 Å². The van der Waals surface area contributed by atoms with Gasteiger partial charge in [-0.05, 0) is 36.8 Å². The Morgan fingerprint density at radius 3 is 2.46 bits per heavy atom. The molecule has 4 rings (SSSR count). The van der Waals surface area contributed by atoms with E-state index in [-0.39, 0.29) is 16.6 Å². The molecule has 2 amide bonds. The van der Waals surface area contributed by atoms with Crippen LogP contribution in [0, 0.1) is 18.3 Å². The topological polar surface area (TPSA) is 84.5 Å². The van der Waals surface area contributed by atoms with Crippen LogP contribution in [0.1, 0.15) is 22.5 Å². The van der Waals surface area contributed by atoms with Gasteiger partial charge < -0.3 is 15.5 Å². The van der Waals surface area contributed by atoms with Crippen LogP contribution in [0.2, 0.25) is 5.02 Å². The van der Waals surface area contributed by atoms with Gasteiger partial charge in [0.15, 0.2) is 5.69 Å². The SMILES string of the molecule is NC(=O)n1ncc(Cl)c1C(=O)N1CC2CN(CC[CH]c3ccccc3)C[C@H]2C1. The largest absolute Gasteiger partial charge is 0.350 e. The zero-order chi connectivity index (χ0) is 19.7. The third-order valence-electron chi connectivity index (χ3n) is 5.61. The molecule has 2 aliphatic heterocycles. The molecule has 1 radical (unpaired) electrons. The van der Waals surface area contributed by atoms with Crippen molar-refractivity contribution >= 4 is 23.5 Å². The fourth-order valence-corrected chi connectivity index (χ4v) is 4.48. The molecule has 0 spiro atoms. The normalized spacial score (nSPS) is 21.8. The first kappa shape index (κ1) is 19.0. The van der Waals surface area contributed by atoms with Crippen molar-refractivity contribution in [3.8, 4) is 0 Å². The fourth-order valence-electron chi connectivity index (χ4n) is 4.28. The second-order valence-corrected chi connectivity index (χ2v) is 7.89. The number of fused-ring (bicyclic) bond motifs is 1. The summed E-state index contributed by atoms with van der Waals surface area (Å²) in [6.45, 7) is 4.33. The number of benzene rings is 1. The van der Waals surface area contributed by atoms with Gasteiger partial charge in [-0.15, -0.1) is 0 Å². The second kappa shape index (κ2) is 7.93. The number of halogens is 1. The van der Waals surface area contributed by atoms with Gasteiger partial charge in [-0.1, -0.05) is 41.9 Å². The molecule has 8 heteroatoms. The molecule has 0 bridgehead atoms. The summed E-state index contributed by atoms with van der Waals surface area (Å²) in [5.74, 6) is 0.619. The number of likely N-dealkylation sites (tertiary alicyclic amines) is 2. The highest BCUT2D eigenvalue weighted by Gasteiger charge is 2.42. The quantitative estimate of drug-likeness (QED) is 0.833. The molecule has 2 saturated heterocycles. The molecule has 1 aromatic carbocycles. The number of primary amides is 1. The fraction of sp³-hybridized carbons (Fsp3) is 0.400. The number of aromatic nitrogens is 2. The first-order chi connectivity index (χ1) is 13.5. The number of nitrogens with zero attached hydrogens (tertiary/aromatic N) is 4. The Bertz CT molecular complexity index is 855. The number of hydrogen-bond donors (Lipinski definition) is 1. The molecule has 147 valence electrons. The smallest absolute Gasteiger partial charge is 0.340 e. The van der Waals surface area contributed by atoms with Gasteiger partial charge >= 0.3 is 6.03 Å². The highest BCUT2D eigenvalue weighted by Crippen LogP contribution is 2.32. The molecule has 0 aliphatic carbocycles. The first-order valence-electron chi connectivity index (χ1n) is 9.46. The molecule has 2 aromatic rings. The van der Waals surface area contributed by atoms with Gasteiger partial charge in [0.1, 0.15) is 0 Å². The standard InChI is InChI=1S/C20H23ClN5O2/c21-17-9-23-26(20(22)28)18(17)19(27)25-12-15-10-24(11-16(15)13-25)8-4-7-14-5-2-1-3-6-14/h1-3,5-7,9,15-16H,4,8,10-13H2,(H2,22,28)/t15-,16?/m0/s1. The lowest BCUT2D eigenvalue weighted by molar-refractivity contribution is 0.0764. The lowest BCUT2D eigenvalue weighted by Crippen LogP contribution is -2.36. The van der Waals surface area contributed by atoms with Gasteiger partial charge in [0.25, 0.3) is 5.91 Å². The lowest BCUT2D eigenvalue weighted by atomic mass is 10.0. The van der Waals surface area contributed by atoms with Crippen LogP contribution in [-0.2, 0) is 0 Å². The van der Waals surface area contributed by atoms with Crippen LogP contribution in [0.3, 0.4) is 0 Å². The average molecular weight is 401 g/mol. The number of amides is 2. The van der Waals surface area contributed by atoms with Crippen molar-refractivity contribution in [1.29, 1.82) is 0 Å². The number of rotatable bonds is 5. The Kier molecular flexibility index (Phi) is 5.37.